The molecule has 0 saturated heterocycles. The van der Waals surface area contributed by atoms with E-state index in [-0.39, 0.29) is 5.91 Å². The number of nitrogens with one attached hydrogen (secondary N) is 1. The van der Waals surface area contributed by atoms with Gasteiger partial charge in [0.2, 0.25) is 0 Å². The molecule has 0 unspecified atom stereocenters. The van der Waals surface area contributed by atoms with Gasteiger partial charge in [0.1, 0.15) is 0 Å². The summed E-state index contributed by atoms with van der Waals surface area (Å²) in [4.78, 5) is 20.4. The second-order valence-electron chi connectivity index (χ2n) is 9.59. The van der Waals surface area contributed by atoms with Crippen molar-refractivity contribution in [3.8, 4) is 17.1 Å². The Morgan fingerprint density at radius 3 is 1.89 bits per heavy atom. The van der Waals surface area contributed by atoms with Gasteiger partial charge in [0.25, 0.3) is 5.91 Å². The molecule has 8 nitrogen and oxygen atoms in total. The molecule has 4 aromatic carbocycles. The molecule has 1 heterocycles. The average molecular weight is 591 g/mol. The van der Waals surface area contributed by atoms with Crippen LogP contribution in [0.1, 0.15) is 56.2 Å². The predicted molar refractivity (Wildman–Crippen MR) is 180 cm³/mol. The second kappa shape index (κ2) is 19.2. The molecule has 228 valence electrons. The zero-order chi connectivity index (χ0) is 31.4. The summed E-state index contributed by atoms with van der Waals surface area (Å²) in [6.07, 6.45) is 3.57. The summed E-state index contributed by atoms with van der Waals surface area (Å²) >= 11 is 0. The summed E-state index contributed by atoms with van der Waals surface area (Å²) in [6, 6.07) is 39.0. The van der Waals surface area contributed by atoms with Crippen LogP contribution in [0.3, 0.4) is 0 Å². The zero-order valence-electron chi connectivity index (χ0n) is 25.8. The number of nitrogens with zero attached hydrogens (tertiary/aromatic N) is 4. The SMILES string of the molecule is CCCC(=NC(=O)c1ccccc1)OCC.CCCc1nc(-c2ccccc2)n(-c2ccccc2)n1.NNc1ccccc1. The third-order valence-corrected chi connectivity index (χ3v) is 6.12. The van der Waals surface area contributed by atoms with Crippen molar-refractivity contribution >= 4 is 17.5 Å². The lowest BCUT2D eigenvalue weighted by molar-refractivity contribution is 0.0998. The highest BCUT2D eigenvalue weighted by Crippen LogP contribution is 2.21. The quantitative estimate of drug-likeness (QED) is 0.0781. The minimum absolute atomic E-state index is 0.238. The first-order valence-electron chi connectivity index (χ1n) is 15.0. The van der Waals surface area contributed by atoms with E-state index in [0.717, 1.165) is 47.8 Å². The molecule has 0 saturated carbocycles. The smallest absolute Gasteiger partial charge is 0.279 e. The van der Waals surface area contributed by atoms with Gasteiger partial charge in [0.15, 0.2) is 17.5 Å². The van der Waals surface area contributed by atoms with Crippen molar-refractivity contribution in [2.24, 2.45) is 10.8 Å². The lowest BCUT2D eigenvalue weighted by Gasteiger charge is -2.05. The van der Waals surface area contributed by atoms with Crippen molar-refractivity contribution in [1.82, 2.24) is 14.8 Å². The third kappa shape index (κ3) is 11.0. The number of rotatable bonds is 9. The Kier molecular flexibility index (Phi) is 14.6. The van der Waals surface area contributed by atoms with E-state index in [9.17, 15) is 4.79 Å². The Morgan fingerprint density at radius 1 is 0.795 bits per heavy atom. The van der Waals surface area contributed by atoms with E-state index in [1.165, 1.54) is 0 Å². The summed E-state index contributed by atoms with van der Waals surface area (Å²) in [5.74, 6) is 7.19. The molecule has 1 aromatic heterocycles. The normalized spacial score (nSPS) is 10.5. The monoisotopic (exact) mass is 590 g/mol. The van der Waals surface area contributed by atoms with Crippen molar-refractivity contribution < 1.29 is 9.53 Å². The number of amides is 1. The van der Waals surface area contributed by atoms with E-state index in [1.807, 2.05) is 103 Å². The Labute approximate surface area is 260 Å². The molecule has 44 heavy (non-hydrogen) atoms. The first-order valence-corrected chi connectivity index (χ1v) is 15.0. The number of hydrogen-bond acceptors (Lipinski definition) is 6. The number of hydrazine groups is 1. The fraction of sp³-hybridized carbons (Fsp3) is 0.222. The molecule has 0 aliphatic carbocycles. The van der Waals surface area contributed by atoms with Crippen LogP contribution < -0.4 is 11.3 Å². The molecule has 0 aliphatic heterocycles. The van der Waals surface area contributed by atoms with Gasteiger partial charge in [0.05, 0.1) is 12.3 Å². The van der Waals surface area contributed by atoms with Crippen LogP contribution in [0.2, 0.25) is 0 Å². The summed E-state index contributed by atoms with van der Waals surface area (Å²) in [6.45, 7) is 6.60. The van der Waals surface area contributed by atoms with Gasteiger partial charge in [-0.05, 0) is 56.2 Å². The van der Waals surface area contributed by atoms with E-state index in [0.29, 0.717) is 24.5 Å². The number of ether oxygens (including phenoxy) is 1. The number of aryl methyl sites for hydroxylation is 1. The van der Waals surface area contributed by atoms with Crippen LogP contribution >= 0.6 is 0 Å². The fourth-order valence-corrected chi connectivity index (χ4v) is 4.04. The number of carbonyl (C=O) groups is 1. The van der Waals surface area contributed by atoms with Crippen molar-refractivity contribution in [2.75, 3.05) is 12.0 Å². The molecule has 1 amide bonds. The third-order valence-electron chi connectivity index (χ3n) is 6.12. The number of anilines is 1. The van der Waals surface area contributed by atoms with Crippen molar-refractivity contribution in [3.05, 3.63) is 133 Å². The van der Waals surface area contributed by atoms with Gasteiger partial charge >= 0.3 is 0 Å². The van der Waals surface area contributed by atoms with Crippen molar-refractivity contribution in [3.63, 3.8) is 0 Å². The number of carbonyl (C=O) groups excluding carboxylic acids is 1. The van der Waals surface area contributed by atoms with Crippen molar-refractivity contribution in [1.29, 1.82) is 0 Å². The maximum absolute atomic E-state index is 11.7. The molecule has 0 spiro atoms. The van der Waals surface area contributed by atoms with E-state index >= 15 is 0 Å². The highest BCUT2D eigenvalue weighted by atomic mass is 16.5. The Bertz CT molecular complexity index is 1460. The fourth-order valence-electron chi connectivity index (χ4n) is 4.04. The molecule has 0 aliphatic rings. The van der Waals surface area contributed by atoms with Crippen LogP contribution in [0.25, 0.3) is 17.1 Å². The van der Waals surface area contributed by atoms with Gasteiger partial charge in [-0.15, -0.1) is 0 Å². The standard InChI is InChI=1S/C17H17N3.C13H17NO2.C6H8N2/c1-2-9-16-18-17(14-10-5-3-6-11-14)20(19-16)15-12-7-4-8-13-15;1-3-8-12(16-4-2)14-13(15)11-9-6-5-7-10-11;7-8-6-4-2-1-3-5-6/h3-8,10-13H,2,9H2,1H3;5-7,9-10H,3-4,8H2,1-2H3;1-5,8H,7H2. The predicted octanol–water partition coefficient (Wildman–Crippen LogP) is 7.92. The van der Waals surface area contributed by atoms with E-state index in [2.05, 4.69) is 46.7 Å². The van der Waals surface area contributed by atoms with E-state index in [1.54, 1.807) is 12.1 Å². The summed E-state index contributed by atoms with van der Waals surface area (Å²) in [7, 11) is 0. The minimum atomic E-state index is -0.238. The molecule has 0 bridgehead atoms. The molecule has 0 atom stereocenters. The largest absolute Gasteiger partial charge is 0.481 e. The lowest BCUT2D eigenvalue weighted by atomic mass is 10.2. The number of aliphatic imine (C=N–C) groups is 1. The summed E-state index contributed by atoms with van der Waals surface area (Å²) in [5, 5.41) is 4.65. The number of hydrogen-bond donors (Lipinski definition) is 2. The van der Waals surface area contributed by atoms with E-state index in [4.69, 9.17) is 15.6 Å². The van der Waals surface area contributed by atoms with Crippen LogP contribution in [0.4, 0.5) is 5.69 Å². The lowest BCUT2D eigenvalue weighted by Crippen LogP contribution is -2.08. The number of aromatic nitrogens is 3. The Morgan fingerprint density at radius 2 is 1.36 bits per heavy atom. The molecular formula is C36H42N6O2. The van der Waals surface area contributed by atoms with Crippen LogP contribution in [-0.4, -0.2) is 33.2 Å². The van der Waals surface area contributed by atoms with Crippen LogP contribution in [0.15, 0.2) is 126 Å². The minimum Gasteiger partial charge on any atom is -0.481 e. The number of nitrogens with two attached hydrogens (primary N) is 1. The molecule has 5 aromatic rings. The number of benzene rings is 4. The Balaban J connectivity index is 0.000000197. The maximum Gasteiger partial charge on any atom is 0.279 e. The van der Waals surface area contributed by atoms with E-state index < -0.39 is 0 Å². The molecule has 8 heteroatoms. The average Bonchev–Trinajstić information content (AvgIpc) is 3.51. The van der Waals surface area contributed by atoms with Gasteiger partial charge in [-0.2, -0.15) is 10.1 Å². The van der Waals surface area contributed by atoms with Crippen molar-refractivity contribution in [2.45, 2.75) is 46.5 Å². The highest BCUT2D eigenvalue weighted by molar-refractivity contribution is 6.01. The first kappa shape index (κ1) is 33.4. The van der Waals surface area contributed by atoms with Gasteiger partial charge in [-0.1, -0.05) is 98.8 Å². The van der Waals surface area contributed by atoms with Crippen LogP contribution in [0, 0.1) is 0 Å². The Hall–Kier alpha value is -5.08. The molecule has 3 N–H and O–H groups in total. The van der Waals surface area contributed by atoms with Gasteiger partial charge in [-0.3, -0.25) is 10.6 Å². The number of para-hydroxylation sites is 2. The topological polar surface area (TPSA) is 107 Å². The molecule has 5 rings (SSSR count). The van der Waals surface area contributed by atoms with Crippen LogP contribution in [-0.2, 0) is 11.2 Å². The van der Waals surface area contributed by atoms with Crippen LogP contribution in [0.5, 0.6) is 0 Å². The second-order valence-corrected chi connectivity index (χ2v) is 9.59. The number of nitrogen functional groups attached to an aromatic ring is 1. The molecular weight excluding hydrogens is 548 g/mol. The summed E-state index contributed by atoms with van der Waals surface area (Å²) in [5.41, 5.74) is 6.19. The highest BCUT2D eigenvalue weighted by Gasteiger charge is 2.12. The van der Waals surface area contributed by atoms with Gasteiger partial charge in [0, 0.05) is 29.7 Å². The molecule has 0 fully saturated rings. The first-order chi connectivity index (χ1) is 21.6. The van der Waals surface area contributed by atoms with Gasteiger partial charge in [-0.25, -0.2) is 9.67 Å². The zero-order valence-corrected chi connectivity index (χ0v) is 25.8. The molecule has 0 radical (unpaired) electrons. The maximum atomic E-state index is 11.7. The summed E-state index contributed by atoms with van der Waals surface area (Å²) < 4.78 is 7.23. The van der Waals surface area contributed by atoms with Gasteiger partial charge < -0.3 is 10.2 Å².